The van der Waals surface area contributed by atoms with Crippen molar-refractivity contribution in [1.29, 1.82) is 0 Å². The van der Waals surface area contributed by atoms with E-state index < -0.39 is 0 Å². The van der Waals surface area contributed by atoms with Crippen LogP contribution in [0.1, 0.15) is 42.5 Å². The first-order valence-corrected chi connectivity index (χ1v) is 11.2. The van der Waals surface area contributed by atoms with E-state index in [-0.39, 0.29) is 6.04 Å². The van der Waals surface area contributed by atoms with Crippen LogP contribution in [-0.4, -0.2) is 51.3 Å². The fourth-order valence-corrected chi connectivity index (χ4v) is 4.05. The molecule has 2 aromatic rings. The van der Waals surface area contributed by atoms with Crippen molar-refractivity contribution < 1.29 is 9.47 Å². The topological polar surface area (TPSA) is 58.1 Å². The lowest BCUT2D eigenvalue weighted by molar-refractivity contribution is 0.185. The number of hydrogen-bond donors (Lipinski definition) is 2. The second kappa shape index (κ2) is 12.3. The number of likely N-dealkylation sites (tertiary alicyclic amines) is 1. The molecular weight excluding hydrogens is 388 g/mol. The molecule has 0 radical (unpaired) electrons. The normalized spacial score (nSPS) is 15.6. The molecule has 1 aliphatic rings. The van der Waals surface area contributed by atoms with Gasteiger partial charge in [-0.05, 0) is 61.7 Å². The van der Waals surface area contributed by atoms with E-state index in [1.807, 2.05) is 6.07 Å². The van der Waals surface area contributed by atoms with Crippen molar-refractivity contribution in [3.05, 3.63) is 65.2 Å². The van der Waals surface area contributed by atoms with Crippen molar-refractivity contribution in [1.82, 2.24) is 15.5 Å². The Bertz CT molecular complexity index is 834. The van der Waals surface area contributed by atoms with Crippen LogP contribution >= 0.6 is 0 Å². The van der Waals surface area contributed by atoms with Crippen LogP contribution < -0.4 is 15.4 Å². The van der Waals surface area contributed by atoms with Crippen molar-refractivity contribution in [2.24, 2.45) is 4.99 Å². The molecule has 2 aromatic carbocycles. The Labute approximate surface area is 186 Å². The number of ether oxygens (including phenoxy) is 2. The molecule has 6 nitrogen and oxygen atoms in total. The maximum atomic E-state index is 5.46. The third kappa shape index (κ3) is 6.97. The van der Waals surface area contributed by atoms with Crippen molar-refractivity contribution in [2.45, 2.75) is 39.0 Å². The lowest BCUT2D eigenvalue weighted by Gasteiger charge is -2.29. The van der Waals surface area contributed by atoms with E-state index in [2.05, 4.69) is 64.9 Å². The fourth-order valence-electron chi connectivity index (χ4n) is 4.05. The Morgan fingerprint density at radius 2 is 1.81 bits per heavy atom. The minimum atomic E-state index is 0.284. The molecule has 0 spiro atoms. The molecule has 1 saturated heterocycles. The van der Waals surface area contributed by atoms with Gasteiger partial charge in [0.05, 0.1) is 26.3 Å². The van der Waals surface area contributed by atoms with Gasteiger partial charge in [0, 0.05) is 20.2 Å². The largest absolute Gasteiger partial charge is 0.497 e. The molecule has 1 fully saturated rings. The van der Waals surface area contributed by atoms with Gasteiger partial charge < -0.3 is 20.1 Å². The van der Waals surface area contributed by atoms with Crippen LogP contribution in [0.2, 0.25) is 0 Å². The molecule has 168 valence electrons. The summed E-state index contributed by atoms with van der Waals surface area (Å²) >= 11 is 0. The summed E-state index contributed by atoms with van der Waals surface area (Å²) in [6.45, 7) is 7.21. The molecule has 3 rings (SSSR count). The van der Waals surface area contributed by atoms with E-state index in [1.54, 1.807) is 14.2 Å². The van der Waals surface area contributed by atoms with Gasteiger partial charge in [-0.25, -0.2) is 4.99 Å². The third-order valence-corrected chi connectivity index (χ3v) is 5.59. The Kier molecular flexibility index (Phi) is 9.18. The first kappa shape index (κ1) is 23.1. The standard InChI is InChI=1S/C25H36N4O2/c1-4-26-25(27-17-20-9-7-10-21(15-20)19-30-2)28-18-24(29-13-5-6-14-29)22-11-8-12-23(16-22)31-3/h7-12,15-16,24H,4-6,13-14,17-19H2,1-3H3,(H2,26,27,28). The summed E-state index contributed by atoms with van der Waals surface area (Å²) in [6, 6.07) is 17.1. The number of methoxy groups -OCH3 is 2. The van der Waals surface area contributed by atoms with Gasteiger partial charge in [-0.3, -0.25) is 4.90 Å². The summed E-state index contributed by atoms with van der Waals surface area (Å²) in [5, 5.41) is 6.96. The monoisotopic (exact) mass is 424 g/mol. The van der Waals surface area contributed by atoms with Crippen LogP contribution in [0.15, 0.2) is 53.5 Å². The molecule has 31 heavy (non-hydrogen) atoms. The molecule has 0 saturated carbocycles. The smallest absolute Gasteiger partial charge is 0.191 e. The zero-order chi connectivity index (χ0) is 21.9. The number of rotatable bonds is 10. The Morgan fingerprint density at radius 3 is 2.55 bits per heavy atom. The van der Waals surface area contributed by atoms with Crippen LogP contribution in [0.3, 0.4) is 0 Å². The Balaban J connectivity index is 1.70. The van der Waals surface area contributed by atoms with Crippen LogP contribution in [0.25, 0.3) is 0 Å². The second-order valence-electron chi connectivity index (χ2n) is 7.86. The van der Waals surface area contributed by atoms with E-state index in [0.717, 1.165) is 37.9 Å². The molecule has 0 bridgehead atoms. The molecule has 6 heteroatoms. The predicted octanol–water partition coefficient (Wildman–Crippen LogP) is 3.73. The average Bonchev–Trinajstić information content (AvgIpc) is 3.33. The van der Waals surface area contributed by atoms with E-state index in [1.165, 1.54) is 29.5 Å². The van der Waals surface area contributed by atoms with Gasteiger partial charge in [-0.1, -0.05) is 36.4 Å². The average molecular weight is 425 g/mol. The van der Waals surface area contributed by atoms with Crippen molar-refractivity contribution in [2.75, 3.05) is 40.4 Å². The molecule has 1 atom stereocenters. The molecule has 0 amide bonds. The molecule has 2 N–H and O–H groups in total. The third-order valence-electron chi connectivity index (χ3n) is 5.59. The molecule has 1 unspecified atom stereocenters. The lowest BCUT2D eigenvalue weighted by atomic mass is 10.1. The van der Waals surface area contributed by atoms with Crippen molar-refractivity contribution in [3.8, 4) is 5.75 Å². The van der Waals surface area contributed by atoms with E-state index in [9.17, 15) is 0 Å². The predicted molar refractivity (Wildman–Crippen MR) is 127 cm³/mol. The maximum absolute atomic E-state index is 5.46. The van der Waals surface area contributed by atoms with Gasteiger partial charge in [-0.2, -0.15) is 0 Å². The Hall–Kier alpha value is -2.57. The number of guanidine groups is 1. The zero-order valence-corrected chi connectivity index (χ0v) is 19.1. The highest BCUT2D eigenvalue weighted by molar-refractivity contribution is 5.79. The second-order valence-corrected chi connectivity index (χ2v) is 7.86. The fraction of sp³-hybridized carbons (Fsp3) is 0.480. The summed E-state index contributed by atoms with van der Waals surface area (Å²) < 4.78 is 10.7. The number of benzene rings is 2. The quantitative estimate of drug-likeness (QED) is 0.450. The molecule has 1 aliphatic heterocycles. The maximum Gasteiger partial charge on any atom is 0.191 e. The van der Waals surface area contributed by atoms with Crippen LogP contribution in [-0.2, 0) is 17.9 Å². The number of nitrogens with zero attached hydrogens (tertiary/aromatic N) is 2. The number of nitrogens with one attached hydrogen (secondary N) is 2. The minimum absolute atomic E-state index is 0.284. The number of aliphatic imine (C=N–C) groups is 1. The van der Waals surface area contributed by atoms with Crippen LogP contribution in [0.4, 0.5) is 0 Å². The summed E-state index contributed by atoms with van der Waals surface area (Å²) in [5.74, 6) is 1.74. The van der Waals surface area contributed by atoms with Gasteiger partial charge in [0.1, 0.15) is 5.75 Å². The van der Waals surface area contributed by atoms with Gasteiger partial charge in [0.25, 0.3) is 0 Å². The van der Waals surface area contributed by atoms with Crippen molar-refractivity contribution in [3.63, 3.8) is 0 Å². The van der Waals surface area contributed by atoms with Crippen LogP contribution in [0, 0.1) is 0 Å². The van der Waals surface area contributed by atoms with E-state index >= 15 is 0 Å². The van der Waals surface area contributed by atoms with Gasteiger partial charge >= 0.3 is 0 Å². The van der Waals surface area contributed by atoms with E-state index in [0.29, 0.717) is 13.2 Å². The highest BCUT2D eigenvalue weighted by Gasteiger charge is 2.24. The van der Waals surface area contributed by atoms with Gasteiger partial charge in [-0.15, -0.1) is 0 Å². The first-order chi connectivity index (χ1) is 15.2. The minimum Gasteiger partial charge on any atom is -0.497 e. The summed E-state index contributed by atoms with van der Waals surface area (Å²) in [5.41, 5.74) is 3.62. The summed E-state index contributed by atoms with van der Waals surface area (Å²) in [6.07, 6.45) is 2.51. The molecule has 0 aliphatic carbocycles. The molecular formula is C25H36N4O2. The SMILES string of the molecule is CCNC(=NCc1cccc(COC)c1)NCC(c1cccc(OC)c1)N1CCCC1. The lowest BCUT2D eigenvalue weighted by Crippen LogP contribution is -2.42. The highest BCUT2D eigenvalue weighted by atomic mass is 16.5. The number of hydrogen-bond acceptors (Lipinski definition) is 4. The highest BCUT2D eigenvalue weighted by Crippen LogP contribution is 2.27. The van der Waals surface area contributed by atoms with Gasteiger partial charge in [0.2, 0.25) is 0 Å². The van der Waals surface area contributed by atoms with Crippen molar-refractivity contribution >= 4 is 5.96 Å². The van der Waals surface area contributed by atoms with E-state index in [4.69, 9.17) is 14.5 Å². The first-order valence-electron chi connectivity index (χ1n) is 11.2. The zero-order valence-electron chi connectivity index (χ0n) is 19.1. The molecule has 0 aromatic heterocycles. The Morgan fingerprint density at radius 1 is 1.03 bits per heavy atom. The van der Waals surface area contributed by atoms with Crippen LogP contribution in [0.5, 0.6) is 5.75 Å². The summed E-state index contributed by atoms with van der Waals surface area (Å²) in [4.78, 5) is 7.38. The van der Waals surface area contributed by atoms with Gasteiger partial charge in [0.15, 0.2) is 5.96 Å². The molecule has 1 heterocycles. The summed E-state index contributed by atoms with van der Waals surface area (Å²) in [7, 11) is 3.44.